The third kappa shape index (κ3) is 4.32. The molecule has 0 spiro atoms. The van der Waals surface area contributed by atoms with Gasteiger partial charge < -0.3 is 5.32 Å². The highest BCUT2D eigenvalue weighted by Gasteiger charge is 2.31. The number of pyridine rings is 1. The number of benzene rings is 1. The maximum Gasteiger partial charge on any atom is 0.248 e. The number of amides is 1. The number of nitrogens with zero attached hydrogens (tertiary/aromatic N) is 2. The fraction of sp³-hybridized carbons (Fsp3) is 0.294. The highest BCUT2D eigenvalue weighted by Crippen LogP contribution is 2.24. The maximum atomic E-state index is 12.6. The lowest BCUT2D eigenvalue weighted by Crippen LogP contribution is -2.47. The lowest BCUT2D eigenvalue weighted by Gasteiger charge is -2.30. The largest absolute Gasteiger partial charge is 0.323 e. The Morgan fingerprint density at radius 3 is 2.58 bits per heavy atom. The summed E-state index contributed by atoms with van der Waals surface area (Å²) >= 11 is 0. The van der Waals surface area contributed by atoms with Gasteiger partial charge in [-0.2, -0.15) is 0 Å². The van der Waals surface area contributed by atoms with Gasteiger partial charge in [-0.3, -0.25) is 14.1 Å². The zero-order valence-electron chi connectivity index (χ0n) is 13.9. The Morgan fingerprint density at radius 2 is 2.04 bits per heavy atom. The van der Waals surface area contributed by atoms with Crippen molar-refractivity contribution in [2.24, 2.45) is 0 Å². The minimum Gasteiger partial charge on any atom is -0.323 e. The van der Waals surface area contributed by atoms with E-state index in [9.17, 15) is 13.2 Å². The lowest BCUT2D eigenvalue weighted by atomic mass is 10.1. The summed E-state index contributed by atoms with van der Waals surface area (Å²) in [6, 6.07) is 9.65. The minimum atomic E-state index is -3.63. The Balaban J connectivity index is 2.37. The van der Waals surface area contributed by atoms with Crippen LogP contribution in [0.4, 0.5) is 11.4 Å². The van der Waals surface area contributed by atoms with Crippen molar-refractivity contribution >= 4 is 27.3 Å². The number of aromatic nitrogens is 1. The Hall–Kier alpha value is -2.41. The van der Waals surface area contributed by atoms with E-state index in [2.05, 4.69) is 10.3 Å². The second-order valence-corrected chi connectivity index (χ2v) is 7.41. The fourth-order valence-electron chi connectivity index (χ4n) is 2.49. The molecule has 1 atom stereocenters. The number of aryl methyl sites for hydroxylation is 1. The molecule has 1 aromatic heterocycles. The van der Waals surface area contributed by atoms with E-state index in [0.29, 0.717) is 17.8 Å². The molecule has 24 heavy (non-hydrogen) atoms. The van der Waals surface area contributed by atoms with E-state index in [0.717, 1.165) is 11.8 Å². The molecule has 1 heterocycles. The molecule has 2 aromatic rings. The number of rotatable bonds is 6. The predicted octanol–water partition coefficient (Wildman–Crippen LogP) is 2.57. The first-order valence-electron chi connectivity index (χ1n) is 7.60. The van der Waals surface area contributed by atoms with Gasteiger partial charge in [-0.05, 0) is 43.2 Å². The van der Waals surface area contributed by atoms with Gasteiger partial charge in [-0.25, -0.2) is 8.42 Å². The first kappa shape index (κ1) is 17.9. The molecule has 0 fully saturated rings. The molecule has 2 rings (SSSR count). The average molecular weight is 347 g/mol. The van der Waals surface area contributed by atoms with Gasteiger partial charge in [0, 0.05) is 6.20 Å². The predicted molar refractivity (Wildman–Crippen MR) is 95.4 cm³/mol. The Bertz CT molecular complexity index is 807. The monoisotopic (exact) mass is 347 g/mol. The van der Waals surface area contributed by atoms with E-state index in [1.54, 1.807) is 43.5 Å². The number of hydrogen-bond acceptors (Lipinski definition) is 4. The molecule has 6 nitrogen and oxygen atoms in total. The van der Waals surface area contributed by atoms with Gasteiger partial charge in [-0.15, -0.1) is 0 Å². The summed E-state index contributed by atoms with van der Waals surface area (Å²) in [7, 11) is -3.63. The third-order valence-electron chi connectivity index (χ3n) is 3.51. The van der Waals surface area contributed by atoms with Crippen molar-refractivity contribution in [1.82, 2.24) is 4.98 Å². The summed E-state index contributed by atoms with van der Waals surface area (Å²) in [5.41, 5.74) is 1.92. The van der Waals surface area contributed by atoms with Crippen LogP contribution in [0.25, 0.3) is 0 Å². The van der Waals surface area contributed by atoms with Gasteiger partial charge in [0.05, 0.1) is 23.8 Å². The molecule has 128 valence electrons. The van der Waals surface area contributed by atoms with Crippen LogP contribution < -0.4 is 9.62 Å². The first-order valence-corrected chi connectivity index (χ1v) is 9.44. The van der Waals surface area contributed by atoms with E-state index < -0.39 is 22.0 Å². The molecule has 0 bridgehead atoms. The minimum absolute atomic E-state index is 0.340. The van der Waals surface area contributed by atoms with Crippen LogP contribution in [0, 0.1) is 6.92 Å². The average Bonchev–Trinajstić information content (AvgIpc) is 2.52. The molecule has 1 amide bonds. The van der Waals surface area contributed by atoms with E-state index >= 15 is 0 Å². The van der Waals surface area contributed by atoms with E-state index in [1.165, 1.54) is 10.5 Å². The summed E-state index contributed by atoms with van der Waals surface area (Å²) in [5, 5.41) is 2.72. The number of carbonyl (C=O) groups excluding carboxylic acids is 1. The number of sulfonamides is 1. The van der Waals surface area contributed by atoms with Crippen molar-refractivity contribution in [3.63, 3.8) is 0 Å². The Morgan fingerprint density at radius 1 is 1.29 bits per heavy atom. The topological polar surface area (TPSA) is 79.4 Å². The summed E-state index contributed by atoms with van der Waals surface area (Å²) in [6.45, 7) is 3.65. The SMILES string of the molecule is CC[C@H](C(=O)Nc1cccnc1)N(c1cccc(C)c1)S(C)(=O)=O. The molecule has 0 radical (unpaired) electrons. The van der Waals surface area contributed by atoms with Gasteiger partial charge in [-0.1, -0.05) is 19.1 Å². The van der Waals surface area contributed by atoms with Crippen molar-refractivity contribution in [2.45, 2.75) is 26.3 Å². The van der Waals surface area contributed by atoms with Crippen molar-refractivity contribution in [1.29, 1.82) is 0 Å². The normalized spacial score (nSPS) is 12.5. The van der Waals surface area contributed by atoms with Gasteiger partial charge in [0.15, 0.2) is 0 Å². The van der Waals surface area contributed by atoms with Crippen LogP contribution in [0.2, 0.25) is 0 Å². The van der Waals surface area contributed by atoms with Crippen LogP contribution in [-0.2, 0) is 14.8 Å². The van der Waals surface area contributed by atoms with Gasteiger partial charge in [0.1, 0.15) is 6.04 Å². The summed E-state index contributed by atoms with van der Waals surface area (Å²) in [4.78, 5) is 16.6. The quantitative estimate of drug-likeness (QED) is 0.871. The molecule has 0 saturated heterocycles. The second kappa shape index (κ2) is 7.44. The van der Waals surface area contributed by atoms with Crippen LogP contribution in [0.1, 0.15) is 18.9 Å². The molecule has 1 aromatic carbocycles. The van der Waals surface area contributed by atoms with Crippen LogP contribution in [0.15, 0.2) is 48.8 Å². The smallest absolute Gasteiger partial charge is 0.248 e. The molecule has 1 N–H and O–H groups in total. The first-order chi connectivity index (χ1) is 11.3. The number of anilines is 2. The third-order valence-corrected chi connectivity index (χ3v) is 4.69. The standard InChI is InChI=1S/C17H21N3O3S/c1-4-16(17(21)19-14-8-6-10-18-12-14)20(24(3,22)23)15-9-5-7-13(2)11-15/h5-12,16H,4H2,1-3H3,(H,19,21)/t16-/m1/s1. The van der Waals surface area contributed by atoms with Crippen molar-refractivity contribution in [3.05, 3.63) is 54.4 Å². The van der Waals surface area contributed by atoms with Crippen LogP contribution >= 0.6 is 0 Å². The zero-order chi connectivity index (χ0) is 17.7. The zero-order valence-corrected chi connectivity index (χ0v) is 14.7. The van der Waals surface area contributed by atoms with Crippen LogP contribution in [0.3, 0.4) is 0 Å². The van der Waals surface area contributed by atoms with Crippen molar-refractivity contribution in [3.8, 4) is 0 Å². The molecular weight excluding hydrogens is 326 g/mol. The maximum absolute atomic E-state index is 12.6. The summed E-state index contributed by atoms with van der Waals surface area (Å²) in [6.07, 6.45) is 4.56. The number of carbonyl (C=O) groups is 1. The van der Waals surface area contributed by atoms with Crippen molar-refractivity contribution < 1.29 is 13.2 Å². The molecule has 0 aliphatic carbocycles. The van der Waals surface area contributed by atoms with Crippen LogP contribution in [0.5, 0.6) is 0 Å². The Kier molecular flexibility index (Phi) is 5.56. The molecule has 0 unspecified atom stereocenters. The molecule has 0 saturated carbocycles. The summed E-state index contributed by atoms with van der Waals surface area (Å²) < 4.78 is 25.8. The Labute approximate surface area is 142 Å². The molecule has 0 aliphatic rings. The molecular formula is C17H21N3O3S. The molecule has 7 heteroatoms. The highest BCUT2D eigenvalue weighted by molar-refractivity contribution is 7.92. The fourth-order valence-corrected chi connectivity index (χ4v) is 3.69. The second-order valence-electron chi connectivity index (χ2n) is 5.55. The highest BCUT2D eigenvalue weighted by atomic mass is 32.2. The number of hydrogen-bond donors (Lipinski definition) is 1. The van der Waals surface area contributed by atoms with E-state index in [-0.39, 0.29) is 0 Å². The summed E-state index contributed by atoms with van der Waals surface area (Å²) in [5.74, 6) is -0.391. The van der Waals surface area contributed by atoms with Gasteiger partial charge >= 0.3 is 0 Å². The van der Waals surface area contributed by atoms with Crippen molar-refractivity contribution in [2.75, 3.05) is 15.9 Å². The van der Waals surface area contributed by atoms with E-state index in [4.69, 9.17) is 0 Å². The van der Waals surface area contributed by atoms with Gasteiger partial charge in [0.25, 0.3) is 0 Å². The molecule has 0 aliphatic heterocycles. The number of nitrogens with one attached hydrogen (secondary N) is 1. The van der Waals surface area contributed by atoms with Crippen LogP contribution in [-0.4, -0.2) is 31.6 Å². The van der Waals surface area contributed by atoms with Gasteiger partial charge in [0.2, 0.25) is 15.9 Å². The lowest BCUT2D eigenvalue weighted by molar-refractivity contribution is -0.117. The van der Waals surface area contributed by atoms with E-state index in [1.807, 2.05) is 13.0 Å².